The van der Waals surface area contributed by atoms with Crippen LogP contribution in [0.1, 0.15) is 0 Å². The van der Waals surface area contributed by atoms with Crippen LogP contribution in [0.4, 0.5) is 4.53 Å². The van der Waals surface area contributed by atoms with Crippen LogP contribution in [0.25, 0.3) is 0 Å². The summed E-state index contributed by atoms with van der Waals surface area (Å²) in [4.78, 5) is 0. The molecule has 9 heavy (non-hydrogen) atoms. The topological polar surface area (TPSA) is 89.4 Å². The number of halogens is 1. The third-order valence-corrected chi connectivity index (χ3v) is 0. The van der Waals surface area contributed by atoms with Gasteiger partial charge in [0.2, 0.25) is 0 Å². The molecule has 1 N–H and O–H groups in total. The van der Waals surface area contributed by atoms with Gasteiger partial charge in [0, 0.05) is 0 Å². The largest absolute Gasteiger partial charge is 1.00 e. The second kappa shape index (κ2) is 29.3. The summed E-state index contributed by atoms with van der Waals surface area (Å²) >= 11 is 0. The fourth-order valence-corrected chi connectivity index (χ4v) is 0. The third kappa shape index (κ3) is 65.4. The van der Waals surface area contributed by atoms with E-state index >= 15 is 0 Å². The molecule has 0 rings (SSSR count). The fraction of sp³-hybridized carbons (Fsp3) is 0. The molecule has 0 radical (unpaired) electrons. The SMILES string of the molecule is OF.[K+].[K+].[K+].[O-]B([O-])[O-]. The molecule has 0 aliphatic carbocycles. The molecular formula is HBFK3O4. The number of hydrogen-bond acceptors (Lipinski definition) is 4. The molecule has 0 bridgehead atoms. The van der Waals surface area contributed by atoms with Gasteiger partial charge >= 0.3 is 154 Å². The molecule has 0 amide bonds. The quantitative estimate of drug-likeness (QED) is 0.404. The molecule has 0 aromatic heterocycles. The number of rotatable bonds is 0. The fourth-order valence-electron chi connectivity index (χ4n) is 0. The maximum absolute atomic E-state index is 8.50. The van der Waals surface area contributed by atoms with E-state index < -0.39 is 7.32 Å². The Balaban J connectivity index is -0.00000000990. The average Bonchev–Trinajstić information content (AvgIpc) is 1.41. The van der Waals surface area contributed by atoms with E-state index in [4.69, 9.17) is 24.9 Å². The molecule has 0 spiro atoms. The van der Waals surface area contributed by atoms with Crippen LogP contribution in [-0.2, 0) is 0 Å². The van der Waals surface area contributed by atoms with Crippen LogP contribution >= 0.6 is 0 Å². The van der Waals surface area contributed by atoms with Crippen LogP contribution in [0.3, 0.4) is 0 Å². The summed E-state index contributed by atoms with van der Waals surface area (Å²) in [6, 6.07) is 0. The van der Waals surface area contributed by atoms with E-state index in [0.717, 1.165) is 0 Å². The summed E-state index contributed by atoms with van der Waals surface area (Å²) < 4.78 is 8.50. The van der Waals surface area contributed by atoms with Gasteiger partial charge in [0.1, 0.15) is 0 Å². The summed E-state index contributed by atoms with van der Waals surface area (Å²) in [7, 11) is -2.92. The Hall–Kier alpha value is 4.74. The smallest absolute Gasteiger partial charge is 0.907 e. The first-order valence-corrected chi connectivity index (χ1v) is 0.876. The van der Waals surface area contributed by atoms with Gasteiger partial charge in [0.05, 0.1) is 0 Å². The predicted molar refractivity (Wildman–Crippen MR) is 9.08 cm³/mol. The molecular weight excluding hydrogens is 211 g/mol. The molecule has 0 heterocycles. The molecule has 0 unspecified atom stereocenters. The van der Waals surface area contributed by atoms with Crippen LogP contribution in [0.15, 0.2) is 0 Å². The van der Waals surface area contributed by atoms with Gasteiger partial charge in [0.25, 0.3) is 0 Å². The van der Waals surface area contributed by atoms with Crippen molar-refractivity contribution in [2.45, 2.75) is 0 Å². The Kier molecular flexibility index (Phi) is 95.1. The van der Waals surface area contributed by atoms with E-state index in [2.05, 4.69) is 0 Å². The van der Waals surface area contributed by atoms with Crippen LogP contribution in [0, 0.1) is 0 Å². The summed E-state index contributed by atoms with van der Waals surface area (Å²) in [5.41, 5.74) is 0. The van der Waals surface area contributed by atoms with Crippen LogP contribution in [0.5, 0.6) is 0 Å². The minimum atomic E-state index is -2.92. The number of hydrogen-bond donors (Lipinski definition) is 1. The van der Waals surface area contributed by atoms with Crippen molar-refractivity contribution in [2.75, 3.05) is 0 Å². The Bertz CT molecular complexity index is 20.5. The standard InChI is InChI=1S/BO3.FHO.3K/c2-1(3)4;1-2;;;/h;2H;;;/q-3;;3*+1. The average molecular weight is 212 g/mol. The van der Waals surface area contributed by atoms with Crippen molar-refractivity contribution in [3.05, 3.63) is 0 Å². The van der Waals surface area contributed by atoms with Crippen LogP contribution in [-0.4, -0.2) is 12.6 Å². The molecule has 9 heteroatoms. The van der Waals surface area contributed by atoms with Crippen molar-refractivity contribution in [1.82, 2.24) is 0 Å². The molecule has 4 nitrogen and oxygen atoms in total. The van der Waals surface area contributed by atoms with Crippen molar-refractivity contribution in [3.8, 4) is 0 Å². The van der Waals surface area contributed by atoms with Gasteiger partial charge < -0.3 is 15.1 Å². The Morgan fingerprint density at radius 1 is 0.889 bits per heavy atom. The van der Waals surface area contributed by atoms with Crippen molar-refractivity contribution >= 4 is 7.32 Å². The summed E-state index contributed by atoms with van der Waals surface area (Å²) in [6.45, 7) is 0. The normalized spacial score (nSPS) is 3.67. The minimum absolute atomic E-state index is 0. The van der Waals surface area contributed by atoms with Gasteiger partial charge in [-0.2, -0.15) is 0 Å². The predicted octanol–water partition coefficient (Wildman–Crippen LogP) is -13.1. The first-order chi connectivity index (χ1) is 2.73. The zero-order valence-electron chi connectivity index (χ0n) is 5.63. The molecule has 0 aliphatic rings. The van der Waals surface area contributed by atoms with Crippen molar-refractivity contribution in [1.29, 1.82) is 0 Å². The third-order valence-electron chi connectivity index (χ3n) is 0. The van der Waals surface area contributed by atoms with Crippen LogP contribution < -0.4 is 169 Å². The second-order valence-corrected chi connectivity index (χ2v) is 0.289. The zero-order chi connectivity index (χ0) is 5.58. The van der Waals surface area contributed by atoms with E-state index in [1.54, 1.807) is 0 Å². The van der Waals surface area contributed by atoms with Gasteiger partial charge in [-0.25, -0.2) is 5.31 Å². The van der Waals surface area contributed by atoms with Gasteiger partial charge in [-0.15, -0.1) is 0 Å². The van der Waals surface area contributed by atoms with Crippen molar-refractivity contribution < 1.29 is 179 Å². The Labute approximate surface area is 180 Å². The van der Waals surface area contributed by atoms with E-state index in [0.29, 0.717) is 0 Å². The van der Waals surface area contributed by atoms with Gasteiger partial charge in [-0.1, -0.05) is 4.53 Å². The van der Waals surface area contributed by atoms with Gasteiger partial charge in [0.15, 0.2) is 0 Å². The second-order valence-electron chi connectivity index (χ2n) is 0.289. The zero-order valence-corrected chi connectivity index (χ0v) is 15.0. The van der Waals surface area contributed by atoms with Gasteiger partial charge in [-0.05, 0) is 0 Å². The molecule has 0 aromatic rings. The van der Waals surface area contributed by atoms with Crippen molar-refractivity contribution in [2.24, 2.45) is 0 Å². The maximum atomic E-state index is 8.50. The Morgan fingerprint density at radius 2 is 0.889 bits per heavy atom. The minimum Gasteiger partial charge on any atom is -0.907 e. The van der Waals surface area contributed by atoms with E-state index in [1.165, 1.54) is 0 Å². The van der Waals surface area contributed by atoms with E-state index in [1.807, 2.05) is 0 Å². The monoisotopic (exact) mass is 212 g/mol. The molecule has 0 saturated heterocycles. The molecule has 0 aliphatic heterocycles. The Morgan fingerprint density at radius 3 is 0.889 bits per heavy atom. The summed E-state index contributed by atoms with van der Waals surface area (Å²) in [5.74, 6) is 0. The summed E-state index contributed by atoms with van der Waals surface area (Å²) in [5, 5.41) is 30.8. The molecule has 0 saturated carbocycles. The van der Waals surface area contributed by atoms with E-state index in [9.17, 15) is 0 Å². The maximum Gasteiger partial charge on any atom is 1.00 e. The van der Waals surface area contributed by atoms with Crippen molar-refractivity contribution in [3.63, 3.8) is 0 Å². The molecule has 0 atom stereocenters. The summed E-state index contributed by atoms with van der Waals surface area (Å²) in [6.07, 6.45) is 0. The molecule has 38 valence electrons. The van der Waals surface area contributed by atoms with Gasteiger partial charge in [-0.3, -0.25) is 7.32 Å². The first kappa shape index (κ1) is 29.2. The first-order valence-electron chi connectivity index (χ1n) is 0.876. The van der Waals surface area contributed by atoms with E-state index in [-0.39, 0.29) is 154 Å². The molecule has 0 fully saturated rings. The van der Waals surface area contributed by atoms with Crippen LogP contribution in [0.2, 0.25) is 0 Å². The molecule has 0 aromatic carbocycles.